The minimum atomic E-state index is -0.285. The Morgan fingerprint density at radius 3 is 2.62 bits per heavy atom. The van der Waals surface area contributed by atoms with Gasteiger partial charge in [-0.2, -0.15) is 0 Å². The lowest BCUT2D eigenvalue weighted by Crippen LogP contribution is -2.12. The first-order valence-corrected chi connectivity index (χ1v) is 5.22. The molecule has 0 fully saturated rings. The summed E-state index contributed by atoms with van der Waals surface area (Å²) in [5.74, 6) is 0.309. The maximum atomic E-state index is 13.6. The summed E-state index contributed by atoms with van der Waals surface area (Å²) in [7, 11) is 4.97. The smallest absolute Gasteiger partial charge is 0.132 e. The molecule has 0 heterocycles. The van der Waals surface area contributed by atoms with Crippen molar-refractivity contribution in [2.45, 2.75) is 13.0 Å². The molecule has 0 radical (unpaired) electrons. The minimum absolute atomic E-state index is 0.225. The van der Waals surface area contributed by atoms with Crippen molar-refractivity contribution in [2.75, 3.05) is 27.8 Å². The average Bonchev–Trinajstić information content (AvgIpc) is 2.30. The Morgan fingerprint density at radius 1 is 1.31 bits per heavy atom. The van der Waals surface area contributed by atoms with Gasteiger partial charge >= 0.3 is 0 Å². The molecule has 1 aromatic rings. The number of hydrogen-bond donors (Lipinski definition) is 1. The van der Waals surface area contributed by atoms with Crippen LogP contribution in [0.25, 0.3) is 0 Å². The zero-order valence-electron chi connectivity index (χ0n) is 9.97. The Kier molecular flexibility index (Phi) is 5.22. The normalized spacial score (nSPS) is 10.5. The SMILES string of the molecule is CNCCc1ccc(F)c(COC)c1OC. The van der Waals surface area contributed by atoms with Crippen LogP contribution in [0.5, 0.6) is 5.75 Å². The third kappa shape index (κ3) is 2.93. The van der Waals surface area contributed by atoms with Gasteiger partial charge in [0.05, 0.1) is 19.3 Å². The molecule has 0 amide bonds. The van der Waals surface area contributed by atoms with Crippen molar-refractivity contribution in [2.24, 2.45) is 0 Å². The van der Waals surface area contributed by atoms with Crippen LogP contribution in [0.4, 0.5) is 4.39 Å². The molecule has 4 heteroatoms. The van der Waals surface area contributed by atoms with Gasteiger partial charge in [0.25, 0.3) is 0 Å². The predicted molar refractivity (Wildman–Crippen MR) is 61.3 cm³/mol. The highest BCUT2D eigenvalue weighted by atomic mass is 19.1. The number of likely N-dealkylation sites (N-methyl/N-ethyl adjacent to an activating group) is 1. The lowest BCUT2D eigenvalue weighted by Gasteiger charge is -2.14. The molecule has 0 unspecified atom stereocenters. The molecule has 0 aliphatic heterocycles. The summed E-state index contributed by atoms with van der Waals surface area (Å²) in [6.45, 7) is 1.05. The zero-order chi connectivity index (χ0) is 12.0. The van der Waals surface area contributed by atoms with E-state index in [1.807, 2.05) is 7.05 Å². The molecule has 16 heavy (non-hydrogen) atoms. The van der Waals surface area contributed by atoms with E-state index >= 15 is 0 Å². The van der Waals surface area contributed by atoms with E-state index in [2.05, 4.69) is 5.32 Å². The van der Waals surface area contributed by atoms with Gasteiger partial charge in [0, 0.05) is 7.11 Å². The Balaban J connectivity index is 3.04. The number of methoxy groups -OCH3 is 2. The van der Waals surface area contributed by atoms with Crippen molar-refractivity contribution < 1.29 is 13.9 Å². The predicted octanol–water partition coefficient (Wildman–Crippen LogP) is 1.74. The molecular weight excluding hydrogens is 209 g/mol. The van der Waals surface area contributed by atoms with Crippen LogP contribution in [0, 0.1) is 5.82 Å². The van der Waals surface area contributed by atoms with Crippen LogP contribution in [0.15, 0.2) is 12.1 Å². The standard InChI is InChI=1S/C12H18FNO2/c1-14-7-6-9-4-5-11(13)10(8-15-2)12(9)16-3/h4-5,14H,6-8H2,1-3H3. The lowest BCUT2D eigenvalue weighted by molar-refractivity contribution is 0.177. The third-order valence-corrected chi connectivity index (χ3v) is 2.42. The number of ether oxygens (including phenoxy) is 2. The molecule has 1 aromatic carbocycles. The van der Waals surface area contributed by atoms with Gasteiger partial charge in [-0.05, 0) is 31.6 Å². The summed E-state index contributed by atoms with van der Waals surface area (Å²) in [6.07, 6.45) is 0.802. The van der Waals surface area contributed by atoms with Crippen molar-refractivity contribution >= 4 is 0 Å². The second-order valence-corrected chi connectivity index (χ2v) is 3.50. The molecule has 1 N–H and O–H groups in total. The van der Waals surface area contributed by atoms with Gasteiger partial charge in [-0.15, -0.1) is 0 Å². The molecule has 0 spiro atoms. The highest BCUT2D eigenvalue weighted by Crippen LogP contribution is 2.27. The van der Waals surface area contributed by atoms with Crippen LogP contribution < -0.4 is 10.1 Å². The Morgan fingerprint density at radius 2 is 2.06 bits per heavy atom. The molecule has 90 valence electrons. The van der Waals surface area contributed by atoms with Crippen molar-refractivity contribution in [1.29, 1.82) is 0 Å². The maximum Gasteiger partial charge on any atom is 0.132 e. The van der Waals surface area contributed by atoms with Gasteiger partial charge in [-0.25, -0.2) is 4.39 Å². The van der Waals surface area contributed by atoms with Gasteiger partial charge in [-0.1, -0.05) is 6.07 Å². The van der Waals surface area contributed by atoms with Gasteiger partial charge in [-0.3, -0.25) is 0 Å². The number of rotatable bonds is 6. The van der Waals surface area contributed by atoms with Crippen molar-refractivity contribution in [3.8, 4) is 5.75 Å². The summed E-state index contributed by atoms with van der Waals surface area (Å²) < 4.78 is 23.8. The highest BCUT2D eigenvalue weighted by molar-refractivity contribution is 5.42. The van der Waals surface area contributed by atoms with E-state index in [-0.39, 0.29) is 12.4 Å². The quantitative estimate of drug-likeness (QED) is 0.803. The van der Waals surface area contributed by atoms with E-state index in [0.717, 1.165) is 18.5 Å². The highest BCUT2D eigenvalue weighted by Gasteiger charge is 2.13. The topological polar surface area (TPSA) is 30.5 Å². The number of halogens is 1. The van der Waals surface area contributed by atoms with E-state index < -0.39 is 0 Å². The fourth-order valence-electron chi connectivity index (χ4n) is 1.64. The number of hydrogen-bond acceptors (Lipinski definition) is 3. The summed E-state index contributed by atoms with van der Waals surface area (Å²) in [5.41, 5.74) is 1.48. The maximum absolute atomic E-state index is 13.6. The van der Waals surface area contributed by atoms with Gasteiger partial charge in [0.2, 0.25) is 0 Å². The Hall–Kier alpha value is -1.13. The summed E-state index contributed by atoms with van der Waals surface area (Å²) in [5, 5.41) is 3.05. The van der Waals surface area contributed by atoms with E-state index in [9.17, 15) is 4.39 Å². The van der Waals surface area contributed by atoms with Crippen LogP contribution >= 0.6 is 0 Å². The summed E-state index contributed by atoms with van der Waals surface area (Å²) >= 11 is 0. The molecule has 0 saturated heterocycles. The molecule has 0 atom stereocenters. The van der Waals surface area contributed by atoms with Crippen LogP contribution in [0.1, 0.15) is 11.1 Å². The molecule has 1 rings (SSSR count). The van der Waals surface area contributed by atoms with Crippen molar-refractivity contribution in [3.63, 3.8) is 0 Å². The first-order valence-electron chi connectivity index (χ1n) is 5.22. The third-order valence-electron chi connectivity index (χ3n) is 2.42. The lowest BCUT2D eigenvalue weighted by atomic mass is 10.1. The fraction of sp³-hybridized carbons (Fsp3) is 0.500. The second-order valence-electron chi connectivity index (χ2n) is 3.50. The summed E-state index contributed by atoms with van der Waals surface area (Å²) in [4.78, 5) is 0. The Bertz CT molecular complexity index is 342. The minimum Gasteiger partial charge on any atom is -0.496 e. The number of nitrogens with one attached hydrogen (secondary N) is 1. The Labute approximate surface area is 95.6 Å². The van der Waals surface area contributed by atoms with Crippen molar-refractivity contribution in [1.82, 2.24) is 5.32 Å². The van der Waals surface area contributed by atoms with Crippen LogP contribution in [-0.2, 0) is 17.8 Å². The number of benzene rings is 1. The van der Waals surface area contributed by atoms with Crippen LogP contribution in [-0.4, -0.2) is 27.8 Å². The molecule has 0 aromatic heterocycles. The zero-order valence-corrected chi connectivity index (χ0v) is 9.97. The summed E-state index contributed by atoms with van der Waals surface area (Å²) in [6, 6.07) is 3.21. The van der Waals surface area contributed by atoms with E-state index in [1.54, 1.807) is 20.3 Å². The van der Waals surface area contributed by atoms with E-state index in [0.29, 0.717) is 11.3 Å². The molecule has 3 nitrogen and oxygen atoms in total. The largest absolute Gasteiger partial charge is 0.496 e. The second kappa shape index (κ2) is 6.45. The van der Waals surface area contributed by atoms with Crippen LogP contribution in [0.3, 0.4) is 0 Å². The molecule has 0 aliphatic carbocycles. The van der Waals surface area contributed by atoms with Gasteiger partial charge < -0.3 is 14.8 Å². The molecule has 0 saturated carbocycles. The first kappa shape index (κ1) is 12.9. The fourth-order valence-corrected chi connectivity index (χ4v) is 1.64. The molecule has 0 aliphatic rings. The van der Waals surface area contributed by atoms with Crippen LogP contribution in [0.2, 0.25) is 0 Å². The van der Waals surface area contributed by atoms with Gasteiger partial charge in [0.1, 0.15) is 11.6 Å². The van der Waals surface area contributed by atoms with E-state index in [1.165, 1.54) is 6.07 Å². The first-order chi connectivity index (χ1) is 7.74. The van der Waals surface area contributed by atoms with Crippen molar-refractivity contribution in [3.05, 3.63) is 29.1 Å². The molecular formula is C12H18FNO2. The van der Waals surface area contributed by atoms with E-state index in [4.69, 9.17) is 9.47 Å². The monoisotopic (exact) mass is 227 g/mol. The molecule has 0 bridgehead atoms. The van der Waals surface area contributed by atoms with Gasteiger partial charge in [0.15, 0.2) is 0 Å². The average molecular weight is 227 g/mol.